The van der Waals surface area contributed by atoms with Gasteiger partial charge in [0.15, 0.2) is 26.6 Å². The maximum atomic E-state index is 13.8. The molecule has 0 aromatic heterocycles. The van der Waals surface area contributed by atoms with Gasteiger partial charge < -0.3 is 27.9 Å². The van der Waals surface area contributed by atoms with Crippen LogP contribution in [0.2, 0.25) is 18.1 Å². The molecular weight excluding hydrogens is 755 g/mol. The molecule has 296 valence electrons. The number of hydrogen-bond donors (Lipinski definition) is 0. The molecule has 1 fully saturated rings. The SMILES string of the molecule is C=CC(CO[Si](C)(C)C(C)(C)C)CSC1OC(C=N[S+]([O-])C(C)(C)C)C(OC(=O)c2ccccc2)C(OC(=O)c2ccccc2)C1OC(=O)c1ccccc1. The van der Waals surface area contributed by atoms with Gasteiger partial charge in [-0.25, -0.2) is 14.4 Å². The van der Waals surface area contributed by atoms with E-state index >= 15 is 0 Å². The Balaban J connectivity index is 1.80. The fraction of sp³-hybridized carbons (Fsp3) is 0.429. The van der Waals surface area contributed by atoms with E-state index in [1.54, 1.807) is 112 Å². The largest absolute Gasteiger partial charge is 0.591 e. The third-order valence-corrected chi connectivity index (χ3v) is 16.6. The normalized spacial score (nSPS) is 21.7. The number of ether oxygens (including phenoxy) is 4. The van der Waals surface area contributed by atoms with Crippen molar-refractivity contribution < 1.29 is 42.3 Å². The van der Waals surface area contributed by atoms with Crippen LogP contribution in [0, 0.1) is 5.92 Å². The number of esters is 3. The molecule has 7 atom stereocenters. The third-order valence-electron chi connectivity index (χ3n) is 9.39. The second-order valence-corrected chi connectivity index (χ2v) is 23.6. The highest BCUT2D eigenvalue weighted by molar-refractivity contribution is 7.99. The van der Waals surface area contributed by atoms with Crippen LogP contribution < -0.4 is 0 Å². The number of carbonyl (C=O) groups is 3. The zero-order valence-corrected chi connectivity index (χ0v) is 35.5. The molecule has 1 aliphatic rings. The maximum Gasteiger partial charge on any atom is 0.338 e. The molecule has 13 heteroatoms. The quantitative estimate of drug-likeness (QED) is 0.0368. The van der Waals surface area contributed by atoms with E-state index in [0.29, 0.717) is 12.4 Å². The lowest BCUT2D eigenvalue weighted by atomic mass is 9.99. The topological polar surface area (TPSA) is 133 Å². The van der Waals surface area contributed by atoms with Crippen molar-refractivity contribution in [1.82, 2.24) is 0 Å². The summed E-state index contributed by atoms with van der Waals surface area (Å²) in [5, 5.41) is -0.00315. The third kappa shape index (κ3) is 12.4. The molecule has 55 heavy (non-hydrogen) atoms. The molecule has 1 saturated heterocycles. The van der Waals surface area contributed by atoms with Gasteiger partial charge in [0.2, 0.25) is 0 Å². The van der Waals surface area contributed by atoms with Gasteiger partial charge in [0, 0.05) is 18.3 Å². The van der Waals surface area contributed by atoms with E-state index in [9.17, 15) is 18.9 Å². The van der Waals surface area contributed by atoms with Crippen molar-refractivity contribution in [2.45, 2.75) is 94.3 Å². The summed E-state index contributed by atoms with van der Waals surface area (Å²) in [5.74, 6) is -1.88. The lowest BCUT2D eigenvalue weighted by molar-refractivity contribution is -0.181. The van der Waals surface area contributed by atoms with Crippen molar-refractivity contribution in [1.29, 1.82) is 0 Å². The molecule has 1 aliphatic heterocycles. The van der Waals surface area contributed by atoms with Gasteiger partial charge in [-0.3, -0.25) is 0 Å². The molecule has 3 aromatic rings. The predicted octanol–water partition coefficient (Wildman–Crippen LogP) is 8.48. The summed E-state index contributed by atoms with van der Waals surface area (Å²) < 4.78 is 48.5. The Morgan fingerprint density at radius 2 is 1.24 bits per heavy atom. The highest BCUT2D eigenvalue weighted by atomic mass is 32.2. The zero-order valence-electron chi connectivity index (χ0n) is 32.8. The van der Waals surface area contributed by atoms with Crippen molar-refractivity contribution in [3.8, 4) is 0 Å². The van der Waals surface area contributed by atoms with E-state index in [-0.39, 0.29) is 27.6 Å². The lowest BCUT2D eigenvalue weighted by Crippen LogP contribution is -2.61. The zero-order chi connectivity index (χ0) is 40.4. The fourth-order valence-corrected chi connectivity index (χ4v) is 7.88. The Morgan fingerprint density at radius 3 is 1.65 bits per heavy atom. The van der Waals surface area contributed by atoms with Crippen LogP contribution in [-0.4, -0.2) is 84.0 Å². The second kappa shape index (κ2) is 19.4. The second-order valence-electron chi connectivity index (χ2n) is 15.7. The van der Waals surface area contributed by atoms with Crippen molar-refractivity contribution >= 4 is 55.6 Å². The summed E-state index contributed by atoms with van der Waals surface area (Å²) in [5.41, 5.74) is -0.265. The molecule has 3 aromatic carbocycles. The Morgan fingerprint density at radius 1 is 0.800 bits per heavy atom. The van der Waals surface area contributed by atoms with Crippen LogP contribution in [0.15, 0.2) is 108 Å². The standard InChI is InChI=1S/C42H53NO9S2Si/c1-10-29(27-48-55(8,9)42(5,6)7)28-53-40-36(52-39(46)32-24-18-13-19-25-32)35(51-38(45)31-22-16-12-17-23-31)34(50-37(44)30-20-14-11-15-21-30)33(49-40)26-43-54(47)41(2,3)4/h10-26,29,33-36,40H,1,27-28H2,2-9H3. The smallest absolute Gasteiger partial charge is 0.338 e. The van der Waals surface area contributed by atoms with E-state index in [0.717, 1.165) is 0 Å². The van der Waals surface area contributed by atoms with Gasteiger partial charge in [-0.1, -0.05) is 85.8 Å². The van der Waals surface area contributed by atoms with Crippen LogP contribution >= 0.6 is 11.8 Å². The first kappa shape index (κ1) is 44.0. The summed E-state index contributed by atoms with van der Waals surface area (Å²) in [6, 6.07) is 25.0. The Labute approximate surface area is 333 Å². The molecule has 0 bridgehead atoms. The Bertz CT molecular complexity index is 1750. The first-order valence-electron chi connectivity index (χ1n) is 18.2. The number of rotatable bonds is 15. The summed E-state index contributed by atoms with van der Waals surface area (Å²) in [6.45, 7) is 20.7. The average Bonchev–Trinajstić information content (AvgIpc) is 3.15. The monoisotopic (exact) mass is 807 g/mol. The van der Waals surface area contributed by atoms with E-state index in [2.05, 4.69) is 44.8 Å². The molecule has 0 spiro atoms. The van der Waals surface area contributed by atoms with Crippen molar-refractivity contribution in [3.63, 3.8) is 0 Å². The molecule has 1 heterocycles. The molecule has 7 unspecified atom stereocenters. The summed E-state index contributed by atoms with van der Waals surface area (Å²) in [4.78, 5) is 41.3. The Hall–Kier alpha value is -3.72. The number of carbonyl (C=O) groups excluding carboxylic acids is 3. The van der Waals surface area contributed by atoms with E-state index in [1.807, 2.05) is 6.08 Å². The molecule has 10 nitrogen and oxygen atoms in total. The van der Waals surface area contributed by atoms with Crippen LogP contribution in [0.25, 0.3) is 0 Å². The molecule has 0 radical (unpaired) electrons. The van der Waals surface area contributed by atoms with Gasteiger partial charge in [0.05, 0.1) is 22.9 Å². The van der Waals surface area contributed by atoms with Crippen LogP contribution in [0.3, 0.4) is 0 Å². The highest BCUT2D eigenvalue weighted by Crippen LogP contribution is 2.39. The highest BCUT2D eigenvalue weighted by Gasteiger charge is 2.53. The van der Waals surface area contributed by atoms with Crippen LogP contribution in [0.1, 0.15) is 72.6 Å². The first-order valence-corrected chi connectivity index (χ1v) is 23.3. The van der Waals surface area contributed by atoms with E-state index < -0.39 is 72.2 Å². The molecule has 4 rings (SSSR count). The van der Waals surface area contributed by atoms with Crippen molar-refractivity contribution in [2.24, 2.45) is 10.3 Å². The number of nitrogens with zero attached hydrogens (tertiary/aromatic N) is 1. The summed E-state index contributed by atoms with van der Waals surface area (Å²) in [7, 11) is -2.10. The number of hydrogen-bond acceptors (Lipinski definition) is 11. The van der Waals surface area contributed by atoms with Crippen molar-refractivity contribution in [2.75, 3.05) is 12.4 Å². The molecule has 0 amide bonds. The van der Waals surface area contributed by atoms with Gasteiger partial charge in [-0.15, -0.1) is 18.3 Å². The van der Waals surface area contributed by atoms with Gasteiger partial charge in [0.25, 0.3) is 0 Å². The lowest BCUT2D eigenvalue weighted by Gasteiger charge is -2.43. The number of thioether (sulfide) groups is 1. The van der Waals surface area contributed by atoms with Crippen molar-refractivity contribution in [3.05, 3.63) is 120 Å². The minimum atomic E-state index is -2.10. The number of benzene rings is 3. The minimum Gasteiger partial charge on any atom is -0.591 e. The molecule has 0 N–H and O–H groups in total. The first-order chi connectivity index (χ1) is 25.9. The van der Waals surface area contributed by atoms with Gasteiger partial charge in [-0.05, 0) is 75.3 Å². The summed E-state index contributed by atoms with van der Waals surface area (Å²) in [6.07, 6.45) is -2.11. The summed E-state index contributed by atoms with van der Waals surface area (Å²) >= 11 is -0.400. The van der Waals surface area contributed by atoms with Gasteiger partial charge in [0.1, 0.15) is 27.6 Å². The minimum absolute atomic E-state index is 0.00315. The van der Waals surface area contributed by atoms with Gasteiger partial charge >= 0.3 is 17.9 Å². The van der Waals surface area contributed by atoms with E-state index in [4.69, 9.17) is 23.4 Å². The fourth-order valence-electron chi connectivity index (χ4n) is 4.99. The molecule has 0 aliphatic carbocycles. The average molecular weight is 808 g/mol. The van der Waals surface area contributed by atoms with Gasteiger partial charge in [-0.2, -0.15) is 0 Å². The van der Waals surface area contributed by atoms with Crippen LogP contribution in [0.4, 0.5) is 0 Å². The van der Waals surface area contributed by atoms with Crippen LogP contribution in [-0.2, 0) is 34.7 Å². The predicted molar refractivity (Wildman–Crippen MR) is 221 cm³/mol. The maximum absolute atomic E-state index is 13.8. The Kier molecular flexibility index (Phi) is 15.5. The molecular formula is C42H53NO9S2Si. The molecule has 0 saturated carbocycles. The van der Waals surface area contributed by atoms with Crippen LogP contribution in [0.5, 0.6) is 0 Å². The van der Waals surface area contributed by atoms with E-state index in [1.165, 1.54) is 18.0 Å².